The molecule has 1 heterocycles. The highest BCUT2D eigenvalue weighted by Crippen LogP contribution is 2.23. The van der Waals surface area contributed by atoms with Gasteiger partial charge in [0.1, 0.15) is 4.90 Å². The minimum atomic E-state index is -3.65. The van der Waals surface area contributed by atoms with E-state index in [0.717, 1.165) is 5.56 Å². The van der Waals surface area contributed by atoms with E-state index in [1.54, 1.807) is 19.2 Å². The fourth-order valence-corrected chi connectivity index (χ4v) is 3.97. The van der Waals surface area contributed by atoms with Crippen molar-refractivity contribution in [3.63, 3.8) is 0 Å². The van der Waals surface area contributed by atoms with Gasteiger partial charge in [-0.3, -0.25) is 8.99 Å². The van der Waals surface area contributed by atoms with Crippen molar-refractivity contribution in [2.75, 3.05) is 10.8 Å². The lowest BCUT2D eigenvalue weighted by Crippen LogP contribution is -2.32. The lowest BCUT2D eigenvalue weighted by Gasteiger charge is -2.23. The van der Waals surface area contributed by atoms with Crippen LogP contribution in [0.3, 0.4) is 0 Å². The summed E-state index contributed by atoms with van der Waals surface area (Å²) in [6.45, 7) is 0.366. The van der Waals surface area contributed by atoms with Gasteiger partial charge in [0, 0.05) is 19.8 Å². The fourth-order valence-electron chi connectivity index (χ4n) is 2.52. The standard InChI is InChI=1S/C18H19N3O2S/c1-20-15-18(14-19-20)24(22,23)21(17-10-6-3-7-11-17)13-12-16-8-4-2-5-9-16/h2-11,14-15H,12-13H2,1H3. The summed E-state index contributed by atoms with van der Waals surface area (Å²) >= 11 is 0. The monoisotopic (exact) mass is 341 g/mol. The van der Waals surface area contributed by atoms with Gasteiger partial charge in [-0.25, -0.2) is 8.42 Å². The molecule has 5 nitrogen and oxygen atoms in total. The maximum atomic E-state index is 13.0. The molecule has 0 saturated heterocycles. The molecule has 0 saturated carbocycles. The Labute approximate surface area is 142 Å². The first-order chi connectivity index (χ1) is 11.6. The summed E-state index contributed by atoms with van der Waals surface area (Å²) in [6.07, 6.45) is 3.54. The van der Waals surface area contributed by atoms with Crippen molar-refractivity contribution in [2.24, 2.45) is 7.05 Å². The minimum absolute atomic E-state index is 0.196. The molecule has 24 heavy (non-hydrogen) atoms. The molecule has 3 rings (SSSR count). The Balaban J connectivity index is 1.93. The van der Waals surface area contributed by atoms with E-state index < -0.39 is 10.0 Å². The molecule has 0 aliphatic heterocycles. The van der Waals surface area contributed by atoms with Crippen molar-refractivity contribution in [3.8, 4) is 0 Å². The van der Waals surface area contributed by atoms with Crippen LogP contribution in [0.15, 0.2) is 78.0 Å². The molecule has 2 aromatic carbocycles. The molecule has 0 aliphatic carbocycles. The van der Waals surface area contributed by atoms with E-state index in [-0.39, 0.29) is 4.90 Å². The number of aromatic nitrogens is 2. The summed E-state index contributed by atoms with van der Waals surface area (Å²) in [6, 6.07) is 19.0. The van der Waals surface area contributed by atoms with Crippen LogP contribution in [-0.2, 0) is 23.5 Å². The lowest BCUT2D eigenvalue weighted by molar-refractivity contribution is 0.590. The molecular formula is C18H19N3O2S. The van der Waals surface area contributed by atoms with Crippen molar-refractivity contribution in [2.45, 2.75) is 11.3 Å². The van der Waals surface area contributed by atoms with Gasteiger partial charge in [-0.15, -0.1) is 0 Å². The molecule has 0 N–H and O–H groups in total. The highest BCUT2D eigenvalue weighted by molar-refractivity contribution is 7.92. The summed E-state index contributed by atoms with van der Waals surface area (Å²) in [5.74, 6) is 0. The smallest absolute Gasteiger partial charge is 0.267 e. The zero-order chi connectivity index (χ0) is 17.0. The summed E-state index contributed by atoms with van der Waals surface area (Å²) in [7, 11) is -1.95. The van der Waals surface area contributed by atoms with Gasteiger partial charge in [0.15, 0.2) is 0 Å². The molecule has 0 unspecified atom stereocenters. The van der Waals surface area contributed by atoms with E-state index in [1.807, 2.05) is 48.5 Å². The Bertz CT molecular complexity index is 890. The van der Waals surface area contributed by atoms with Gasteiger partial charge in [-0.2, -0.15) is 5.10 Å². The van der Waals surface area contributed by atoms with Gasteiger partial charge in [0.2, 0.25) is 0 Å². The second kappa shape index (κ2) is 6.88. The van der Waals surface area contributed by atoms with Crippen LogP contribution in [0, 0.1) is 0 Å². The van der Waals surface area contributed by atoms with E-state index in [4.69, 9.17) is 0 Å². The zero-order valence-electron chi connectivity index (χ0n) is 13.4. The predicted octanol–water partition coefficient (Wildman–Crippen LogP) is 2.86. The number of anilines is 1. The Morgan fingerprint density at radius 3 is 2.21 bits per heavy atom. The van der Waals surface area contributed by atoms with E-state index >= 15 is 0 Å². The van der Waals surface area contributed by atoms with Crippen molar-refractivity contribution in [3.05, 3.63) is 78.6 Å². The largest absolute Gasteiger partial charge is 0.274 e. The average molecular weight is 341 g/mol. The first-order valence-electron chi connectivity index (χ1n) is 7.68. The van der Waals surface area contributed by atoms with Gasteiger partial charge < -0.3 is 0 Å². The van der Waals surface area contributed by atoms with E-state index in [1.165, 1.54) is 21.4 Å². The van der Waals surface area contributed by atoms with E-state index in [0.29, 0.717) is 18.7 Å². The minimum Gasteiger partial charge on any atom is -0.274 e. The third-order valence-electron chi connectivity index (χ3n) is 3.76. The third-order valence-corrected chi connectivity index (χ3v) is 5.54. The molecule has 0 atom stereocenters. The quantitative estimate of drug-likeness (QED) is 0.693. The number of sulfonamides is 1. The van der Waals surface area contributed by atoms with E-state index in [2.05, 4.69) is 5.10 Å². The Morgan fingerprint density at radius 2 is 1.62 bits per heavy atom. The highest BCUT2D eigenvalue weighted by Gasteiger charge is 2.26. The zero-order valence-corrected chi connectivity index (χ0v) is 14.2. The van der Waals surface area contributed by atoms with Crippen LogP contribution in [0.4, 0.5) is 5.69 Å². The summed E-state index contributed by atoms with van der Waals surface area (Å²) < 4.78 is 29.0. The Kier molecular flexibility index (Phi) is 4.66. The molecule has 0 amide bonds. The number of hydrogen-bond donors (Lipinski definition) is 0. The maximum Gasteiger partial charge on any atom is 0.267 e. The number of benzene rings is 2. The fraction of sp³-hybridized carbons (Fsp3) is 0.167. The molecule has 6 heteroatoms. The number of aryl methyl sites for hydroxylation is 1. The van der Waals surface area contributed by atoms with Crippen molar-refractivity contribution in [1.82, 2.24) is 9.78 Å². The van der Waals surface area contributed by atoms with Crippen LogP contribution in [0.2, 0.25) is 0 Å². The van der Waals surface area contributed by atoms with Crippen LogP contribution >= 0.6 is 0 Å². The second-order valence-electron chi connectivity index (χ2n) is 5.50. The normalized spacial score (nSPS) is 11.4. The van der Waals surface area contributed by atoms with Crippen LogP contribution in [0.5, 0.6) is 0 Å². The third kappa shape index (κ3) is 3.49. The molecule has 0 aliphatic rings. The molecule has 1 aromatic heterocycles. The molecule has 0 fully saturated rings. The highest BCUT2D eigenvalue weighted by atomic mass is 32.2. The molecule has 124 valence electrons. The molecule has 0 bridgehead atoms. The van der Waals surface area contributed by atoms with Crippen molar-refractivity contribution < 1.29 is 8.42 Å². The molecular weight excluding hydrogens is 322 g/mol. The Hall–Kier alpha value is -2.60. The van der Waals surface area contributed by atoms with Gasteiger partial charge in [-0.1, -0.05) is 48.5 Å². The molecule has 0 spiro atoms. The molecule has 0 radical (unpaired) electrons. The van der Waals surface area contributed by atoms with Gasteiger partial charge >= 0.3 is 0 Å². The van der Waals surface area contributed by atoms with Gasteiger partial charge in [-0.05, 0) is 24.1 Å². The number of nitrogens with zero attached hydrogens (tertiary/aromatic N) is 3. The average Bonchev–Trinajstić information content (AvgIpc) is 3.04. The van der Waals surface area contributed by atoms with Crippen molar-refractivity contribution in [1.29, 1.82) is 0 Å². The van der Waals surface area contributed by atoms with Crippen molar-refractivity contribution >= 4 is 15.7 Å². The number of rotatable bonds is 6. The Morgan fingerprint density at radius 1 is 1.00 bits per heavy atom. The van der Waals surface area contributed by atoms with Gasteiger partial charge in [0.25, 0.3) is 10.0 Å². The summed E-state index contributed by atoms with van der Waals surface area (Å²) in [5.41, 5.74) is 1.75. The number of para-hydroxylation sites is 1. The maximum absolute atomic E-state index is 13.0. The first-order valence-corrected chi connectivity index (χ1v) is 9.12. The summed E-state index contributed by atoms with van der Waals surface area (Å²) in [4.78, 5) is 0.196. The van der Waals surface area contributed by atoms with E-state index in [9.17, 15) is 8.42 Å². The van der Waals surface area contributed by atoms with Crippen LogP contribution in [0.25, 0.3) is 0 Å². The SMILES string of the molecule is Cn1cc(S(=O)(=O)N(CCc2ccccc2)c2ccccc2)cn1. The second-order valence-corrected chi connectivity index (χ2v) is 7.36. The summed E-state index contributed by atoms with van der Waals surface area (Å²) in [5, 5.41) is 3.99. The molecule has 3 aromatic rings. The van der Waals surface area contributed by atoms with Crippen LogP contribution < -0.4 is 4.31 Å². The topological polar surface area (TPSA) is 55.2 Å². The predicted molar refractivity (Wildman–Crippen MR) is 94.3 cm³/mol. The van der Waals surface area contributed by atoms with Gasteiger partial charge in [0.05, 0.1) is 11.9 Å². The number of hydrogen-bond acceptors (Lipinski definition) is 3. The first kappa shape index (κ1) is 16.3. The lowest BCUT2D eigenvalue weighted by atomic mass is 10.1. The van der Waals surface area contributed by atoms with Crippen LogP contribution in [-0.4, -0.2) is 24.7 Å². The van der Waals surface area contributed by atoms with Crippen LogP contribution in [0.1, 0.15) is 5.56 Å².